The van der Waals surface area contributed by atoms with Crippen LogP contribution in [0.2, 0.25) is 0 Å². The minimum absolute atomic E-state index is 0.0437. The van der Waals surface area contributed by atoms with Gasteiger partial charge in [-0.05, 0) is 6.42 Å². The van der Waals surface area contributed by atoms with E-state index in [-0.39, 0.29) is 5.97 Å². The highest BCUT2D eigenvalue weighted by molar-refractivity contribution is 14.1. The van der Waals surface area contributed by atoms with Crippen molar-refractivity contribution in [1.82, 2.24) is 0 Å². The van der Waals surface area contributed by atoms with Gasteiger partial charge in [0.1, 0.15) is 0 Å². The lowest BCUT2D eigenvalue weighted by Crippen LogP contribution is -2.09. The van der Waals surface area contributed by atoms with Crippen molar-refractivity contribution in [3.8, 4) is 0 Å². The Labute approximate surface area is 133 Å². The second-order valence-electron chi connectivity index (χ2n) is 5.39. The molecule has 3 heteroatoms. The van der Waals surface area contributed by atoms with E-state index in [0.29, 0.717) is 17.0 Å². The largest absolute Gasteiger partial charge is 0.466 e. The number of esters is 1. The maximum Gasteiger partial charge on any atom is 0.306 e. The van der Waals surface area contributed by atoms with Crippen LogP contribution in [0.25, 0.3) is 0 Å². The molecule has 1 atom stereocenters. The van der Waals surface area contributed by atoms with Crippen LogP contribution in [-0.2, 0) is 9.53 Å². The number of unbranched alkanes of at least 4 members (excludes halogenated alkanes) is 9. The minimum Gasteiger partial charge on any atom is -0.466 e. The molecule has 0 heterocycles. The summed E-state index contributed by atoms with van der Waals surface area (Å²) in [7, 11) is 0. The van der Waals surface area contributed by atoms with E-state index in [1.54, 1.807) is 0 Å². The predicted octanol–water partition coefficient (Wildman–Crippen LogP) is 5.66. The topological polar surface area (TPSA) is 26.3 Å². The van der Waals surface area contributed by atoms with E-state index in [1.807, 2.05) is 6.92 Å². The third-order valence-corrected chi connectivity index (χ3v) is 3.65. The van der Waals surface area contributed by atoms with Crippen LogP contribution in [0.3, 0.4) is 0 Å². The summed E-state index contributed by atoms with van der Waals surface area (Å²) >= 11 is 2.25. The number of hydrogen-bond donors (Lipinski definition) is 0. The van der Waals surface area contributed by atoms with E-state index < -0.39 is 0 Å². The molecule has 0 spiro atoms. The first-order valence-electron chi connectivity index (χ1n) is 7.96. The monoisotopic (exact) mass is 382 g/mol. The molecule has 2 nitrogen and oxygen atoms in total. The van der Waals surface area contributed by atoms with E-state index in [2.05, 4.69) is 29.5 Å². The fourth-order valence-electron chi connectivity index (χ4n) is 2.06. The van der Waals surface area contributed by atoms with Gasteiger partial charge in [0.05, 0.1) is 13.0 Å². The summed E-state index contributed by atoms with van der Waals surface area (Å²) in [6.07, 6.45) is 13.7. The number of carbonyl (C=O) groups is 1. The zero-order valence-corrected chi connectivity index (χ0v) is 14.9. The molecular formula is C16H31IO2. The average Bonchev–Trinajstić information content (AvgIpc) is 2.35. The van der Waals surface area contributed by atoms with Gasteiger partial charge in [-0.2, -0.15) is 0 Å². The van der Waals surface area contributed by atoms with E-state index in [1.165, 1.54) is 57.8 Å². The van der Waals surface area contributed by atoms with Crippen molar-refractivity contribution in [3.63, 3.8) is 0 Å². The standard InChI is InChI=1S/C16H31IO2/c1-3-4-5-6-7-8-9-10-11-12-13-19-16(18)14-15(2)17/h15H,3-14H2,1-2H3. The van der Waals surface area contributed by atoms with Crippen molar-refractivity contribution < 1.29 is 9.53 Å². The molecule has 0 bridgehead atoms. The smallest absolute Gasteiger partial charge is 0.306 e. The quantitative estimate of drug-likeness (QED) is 0.178. The fourth-order valence-corrected chi connectivity index (χ4v) is 2.42. The van der Waals surface area contributed by atoms with Gasteiger partial charge in [-0.15, -0.1) is 0 Å². The molecule has 0 aromatic heterocycles. The summed E-state index contributed by atoms with van der Waals surface area (Å²) in [5, 5.41) is 0. The van der Waals surface area contributed by atoms with E-state index in [0.717, 1.165) is 6.42 Å². The van der Waals surface area contributed by atoms with Gasteiger partial charge in [-0.1, -0.05) is 94.2 Å². The van der Waals surface area contributed by atoms with Crippen molar-refractivity contribution in [2.45, 2.75) is 88.4 Å². The molecule has 0 aliphatic carbocycles. The molecule has 0 aliphatic heterocycles. The van der Waals surface area contributed by atoms with Crippen LogP contribution in [0.4, 0.5) is 0 Å². The second-order valence-corrected chi connectivity index (χ2v) is 7.51. The van der Waals surface area contributed by atoms with Gasteiger partial charge < -0.3 is 4.74 Å². The maximum atomic E-state index is 11.3. The molecule has 19 heavy (non-hydrogen) atoms. The number of halogens is 1. The Morgan fingerprint density at radius 3 is 1.89 bits per heavy atom. The highest BCUT2D eigenvalue weighted by Crippen LogP contribution is 2.11. The van der Waals surface area contributed by atoms with Gasteiger partial charge in [-0.25, -0.2) is 0 Å². The first-order chi connectivity index (χ1) is 9.16. The zero-order chi connectivity index (χ0) is 14.3. The molecule has 114 valence electrons. The van der Waals surface area contributed by atoms with Crippen molar-refractivity contribution in [2.24, 2.45) is 0 Å². The summed E-state index contributed by atoms with van der Waals surface area (Å²) in [6, 6.07) is 0. The molecule has 0 N–H and O–H groups in total. The van der Waals surface area contributed by atoms with Crippen molar-refractivity contribution in [2.75, 3.05) is 6.61 Å². The van der Waals surface area contributed by atoms with E-state index in [9.17, 15) is 4.79 Å². The number of alkyl halides is 1. The highest BCUT2D eigenvalue weighted by Gasteiger charge is 2.06. The lowest BCUT2D eigenvalue weighted by atomic mass is 10.1. The predicted molar refractivity (Wildman–Crippen MR) is 90.9 cm³/mol. The molecule has 0 aromatic carbocycles. The van der Waals surface area contributed by atoms with Crippen LogP contribution < -0.4 is 0 Å². The molecule has 0 saturated carbocycles. The molecule has 0 radical (unpaired) electrons. The van der Waals surface area contributed by atoms with Crippen LogP contribution in [0.1, 0.15) is 84.5 Å². The molecule has 0 saturated heterocycles. The maximum absolute atomic E-state index is 11.3. The van der Waals surface area contributed by atoms with Crippen molar-refractivity contribution >= 4 is 28.6 Å². The molecular weight excluding hydrogens is 351 g/mol. The highest BCUT2D eigenvalue weighted by atomic mass is 127. The first-order valence-corrected chi connectivity index (χ1v) is 9.21. The number of rotatable bonds is 13. The Kier molecular flexibility index (Phi) is 14.8. The molecule has 1 unspecified atom stereocenters. The van der Waals surface area contributed by atoms with E-state index in [4.69, 9.17) is 4.74 Å². The summed E-state index contributed by atoms with van der Waals surface area (Å²) in [5.74, 6) is -0.0437. The van der Waals surface area contributed by atoms with Crippen molar-refractivity contribution in [1.29, 1.82) is 0 Å². The van der Waals surface area contributed by atoms with Gasteiger partial charge in [0.25, 0.3) is 0 Å². The number of ether oxygens (including phenoxy) is 1. The molecule has 0 amide bonds. The molecule has 0 rings (SSSR count). The minimum atomic E-state index is -0.0437. The molecule has 0 aliphatic rings. The van der Waals surface area contributed by atoms with Gasteiger partial charge in [0.2, 0.25) is 0 Å². The average molecular weight is 382 g/mol. The summed E-state index contributed by atoms with van der Waals surface area (Å²) in [6.45, 7) is 4.90. The second kappa shape index (κ2) is 14.6. The van der Waals surface area contributed by atoms with Crippen LogP contribution in [-0.4, -0.2) is 16.5 Å². The van der Waals surface area contributed by atoms with Crippen molar-refractivity contribution in [3.05, 3.63) is 0 Å². The fraction of sp³-hybridized carbons (Fsp3) is 0.938. The lowest BCUT2D eigenvalue weighted by molar-refractivity contribution is -0.143. The summed E-state index contributed by atoms with van der Waals surface area (Å²) in [5.41, 5.74) is 0. The number of carbonyl (C=O) groups excluding carboxylic acids is 1. The molecule has 0 aromatic rings. The van der Waals surface area contributed by atoms with Gasteiger partial charge in [-0.3, -0.25) is 4.79 Å². The molecule has 0 fully saturated rings. The first kappa shape index (κ1) is 19.2. The Morgan fingerprint density at radius 2 is 1.42 bits per heavy atom. The van der Waals surface area contributed by atoms with E-state index >= 15 is 0 Å². The third-order valence-electron chi connectivity index (χ3n) is 3.21. The van der Waals surface area contributed by atoms with Crippen LogP contribution >= 0.6 is 22.6 Å². The third kappa shape index (κ3) is 16.1. The Balaban J connectivity index is 3.08. The Bertz CT molecular complexity index is 205. The van der Waals surface area contributed by atoms with Gasteiger partial charge in [0, 0.05) is 3.92 Å². The van der Waals surface area contributed by atoms with Crippen LogP contribution in [0.15, 0.2) is 0 Å². The number of hydrogen-bond acceptors (Lipinski definition) is 2. The normalized spacial score (nSPS) is 12.4. The summed E-state index contributed by atoms with van der Waals surface area (Å²) < 4.78 is 5.55. The van der Waals surface area contributed by atoms with Crippen LogP contribution in [0.5, 0.6) is 0 Å². The SMILES string of the molecule is CCCCCCCCCCCCOC(=O)CC(C)I. The van der Waals surface area contributed by atoms with Crippen LogP contribution in [0, 0.1) is 0 Å². The zero-order valence-electron chi connectivity index (χ0n) is 12.8. The Morgan fingerprint density at radius 1 is 0.947 bits per heavy atom. The summed E-state index contributed by atoms with van der Waals surface area (Å²) in [4.78, 5) is 11.3. The van der Waals surface area contributed by atoms with Gasteiger partial charge >= 0.3 is 5.97 Å². The Hall–Kier alpha value is 0.200. The lowest BCUT2D eigenvalue weighted by Gasteiger charge is -2.06. The van der Waals surface area contributed by atoms with Gasteiger partial charge in [0.15, 0.2) is 0 Å².